The fourth-order valence-corrected chi connectivity index (χ4v) is 2.92. The molecule has 0 fully saturated rings. The molecule has 3 N–H and O–H groups in total. The number of hydrogen-bond acceptors (Lipinski definition) is 7. The molecule has 0 atom stereocenters. The molecule has 2 aromatic heterocycles. The van der Waals surface area contributed by atoms with Gasteiger partial charge in [0.2, 0.25) is 5.95 Å². The first-order chi connectivity index (χ1) is 15.1. The Bertz CT molecular complexity index is 1250. The molecule has 0 unspecified atom stereocenters. The Morgan fingerprint density at radius 1 is 1.00 bits per heavy atom. The van der Waals surface area contributed by atoms with E-state index in [4.69, 9.17) is 9.47 Å². The first-order valence-corrected chi connectivity index (χ1v) is 9.37. The summed E-state index contributed by atoms with van der Waals surface area (Å²) in [4.78, 5) is 35.0. The van der Waals surface area contributed by atoms with E-state index in [1.807, 2.05) is 12.1 Å². The van der Waals surface area contributed by atoms with Gasteiger partial charge >= 0.3 is 5.97 Å². The van der Waals surface area contributed by atoms with Gasteiger partial charge in [-0.15, -0.1) is 0 Å². The van der Waals surface area contributed by atoms with Crippen LogP contribution in [0.4, 0.5) is 11.6 Å². The van der Waals surface area contributed by atoms with E-state index in [2.05, 4.69) is 25.6 Å². The number of nitrogens with zero attached hydrogens (tertiary/aromatic N) is 2. The Morgan fingerprint density at radius 3 is 2.52 bits per heavy atom. The quantitative estimate of drug-likeness (QED) is 0.410. The summed E-state index contributed by atoms with van der Waals surface area (Å²) in [7, 11) is 2.89. The van der Waals surface area contributed by atoms with Gasteiger partial charge in [-0.3, -0.25) is 9.78 Å². The first kappa shape index (κ1) is 19.9. The predicted octanol–water partition coefficient (Wildman–Crippen LogP) is 3.64. The van der Waals surface area contributed by atoms with Gasteiger partial charge in [0, 0.05) is 31.1 Å². The van der Waals surface area contributed by atoms with Crippen LogP contribution in [-0.4, -0.2) is 41.0 Å². The monoisotopic (exact) mass is 417 g/mol. The number of imidazole rings is 1. The molecular weight excluding hydrogens is 398 g/mol. The molecule has 9 heteroatoms. The number of hydrogen-bond donors (Lipinski definition) is 3. The Hall–Kier alpha value is -4.40. The molecule has 1 amide bonds. The van der Waals surface area contributed by atoms with Crippen molar-refractivity contribution in [2.75, 3.05) is 19.5 Å². The molecule has 0 saturated heterocycles. The van der Waals surface area contributed by atoms with Crippen LogP contribution in [-0.2, 0) is 4.74 Å². The number of methoxy groups -OCH3 is 1. The minimum absolute atomic E-state index is 0.271. The van der Waals surface area contributed by atoms with Gasteiger partial charge in [-0.25, -0.2) is 9.78 Å². The normalized spacial score (nSPS) is 10.5. The van der Waals surface area contributed by atoms with E-state index in [1.165, 1.54) is 13.3 Å². The van der Waals surface area contributed by atoms with Gasteiger partial charge in [-0.05, 0) is 42.5 Å². The number of rotatable bonds is 6. The number of carbonyl (C=O) groups excluding carboxylic acids is 2. The SMILES string of the molecule is CNC(=O)c1cc(Oc2ccc3nc(Nc4ccc(C(=O)OC)cc4)[nH]c3c2)ccn1. The fraction of sp³-hybridized carbons (Fsp3) is 0.0909. The van der Waals surface area contributed by atoms with Crippen molar-refractivity contribution in [3.8, 4) is 11.5 Å². The molecule has 0 saturated carbocycles. The number of ether oxygens (including phenoxy) is 2. The minimum atomic E-state index is -0.389. The number of carbonyl (C=O) groups is 2. The summed E-state index contributed by atoms with van der Waals surface area (Å²) in [5.74, 6) is 0.948. The lowest BCUT2D eigenvalue weighted by Crippen LogP contribution is -2.18. The molecule has 9 nitrogen and oxygen atoms in total. The van der Waals surface area contributed by atoms with Crippen LogP contribution < -0.4 is 15.4 Å². The van der Waals surface area contributed by atoms with Crippen molar-refractivity contribution in [2.45, 2.75) is 0 Å². The van der Waals surface area contributed by atoms with E-state index >= 15 is 0 Å². The molecule has 4 aromatic rings. The number of aromatic amines is 1. The minimum Gasteiger partial charge on any atom is -0.465 e. The van der Waals surface area contributed by atoms with Crippen LogP contribution >= 0.6 is 0 Å². The topological polar surface area (TPSA) is 118 Å². The summed E-state index contributed by atoms with van der Waals surface area (Å²) in [5.41, 5.74) is 3.03. The molecule has 156 valence electrons. The number of benzene rings is 2. The van der Waals surface area contributed by atoms with Crippen molar-refractivity contribution in [2.24, 2.45) is 0 Å². The molecule has 0 aliphatic rings. The lowest BCUT2D eigenvalue weighted by atomic mass is 10.2. The van der Waals surface area contributed by atoms with Crippen LogP contribution in [0.15, 0.2) is 60.8 Å². The Labute approximate surface area is 177 Å². The van der Waals surface area contributed by atoms with E-state index in [0.717, 1.165) is 16.7 Å². The summed E-state index contributed by atoms with van der Waals surface area (Å²) in [6, 6.07) is 15.5. The van der Waals surface area contributed by atoms with E-state index in [9.17, 15) is 9.59 Å². The zero-order valence-corrected chi connectivity index (χ0v) is 16.8. The lowest BCUT2D eigenvalue weighted by molar-refractivity contribution is 0.0600. The number of anilines is 2. The van der Waals surface area contributed by atoms with Gasteiger partial charge in [0.25, 0.3) is 5.91 Å². The average Bonchev–Trinajstić information content (AvgIpc) is 3.20. The smallest absolute Gasteiger partial charge is 0.337 e. The predicted molar refractivity (Wildman–Crippen MR) is 115 cm³/mol. The van der Waals surface area contributed by atoms with E-state index in [-0.39, 0.29) is 17.6 Å². The second kappa shape index (κ2) is 8.54. The van der Waals surface area contributed by atoms with Crippen LogP contribution in [0.1, 0.15) is 20.8 Å². The van der Waals surface area contributed by atoms with E-state index in [1.54, 1.807) is 49.5 Å². The maximum Gasteiger partial charge on any atom is 0.337 e. The molecular formula is C22H19N5O4. The third kappa shape index (κ3) is 4.45. The van der Waals surface area contributed by atoms with Crippen molar-refractivity contribution < 1.29 is 19.1 Å². The molecule has 0 aliphatic carbocycles. The Kier molecular flexibility index (Phi) is 5.48. The number of aromatic nitrogens is 3. The van der Waals surface area contributed by atoms with Crippen LogP contribution in [0.2, 0.25) is 0 Å². The highest BCUT2D eigenvalue weighted by atomic mass is 16.5. The van der Waals surface area contributed by atoms with Gasteiger partial charge in [0.05, 0.1) is 23.7 Å². The highest BCUT2D eigenvalue weighted by molar-refractivity contribution is 5.92. The summed E-state index contributed by atoms with van der Waals surface area (Å²) < 4.78 is 10.6. The van der Waals surface area contributed by atoms with Crippen LogP contribution in [0.5, 0.6) is 11.5 Å². The third-order valence-electron chi connectivity index (χ3n) is 4.45. The average molecular weight is 417 g/mol. The van der Waals surface area contributed by atoms with Gasteiger partial charge in [0.15, 0.2) is 0 Å². The summed E-state index contributed by atoms with van der Waals surface area (Å²) in [6.45, 7) is 0. The summed E-state index contributed by atoms with van der Waals surface area (Å²) in [6.07, 6.45) is 1.52. The number of amides is 1. The molecule has 2 aromatic carbocycles. The standard InChI is InChI=1S/C22H19N5O4/c1-23-20(28)19-12-16(9-10-24-19)31-15-7-8-17-18(11-15)27-22(26-17)25-14-5-3-13(4-6-14)21(29)30-2/h3-12H,1-2H3,(H,23,28)(H2,25,26,27). The Morgan fingerprint density at radius 2 is 1.77 bits per heavy atom. The van der Waals surface area contributed by atoms with Crippen molar-refractivity contribution in [3.05, 3.63) is 72.1 Å². The van der Waals surface area contributed by atoms with Crippen LogP contribution in [0.25, 0.3) is 11.0 Å². The van der Waals surface area contributed by atoms with E-state index in [0.29, 0.717) is 23.0 Å². The first-order valence-electron chi connectivity index (χ1n) is 9.37. The largest absolute Gasteiger partial charge is 0.465 e. The number of pyridine rings is 1. The number of esters is 1. The maximum absolute atomic E-state index is 11.7. The fourth-order valence-electron chi connectivity index (χ4n) is 2.92. The highest BCUT2D eigenvalue weighted by Crippen LogP contribution is 2.26. The van der Waals surface area contributed by atoms with Gasteiger partial charge in [-0.2, -0.15) is 0 Å². The summed E-state index contributed by atoms with van der Waals surface area (Å²) in [5, 5.41) is 5.69. The second-order valence-electron chi connectivity index (χ2n) is 6.52. The third-order valence-corrected chi connectivity index (χ3v) is 4.45. The lowest BCUT2D eigenvalue weighted by Gasteiger charge is -2.06. The maximum atomic E-state index is 11.7. The van der Waals surface area contributed by atoms with Gasteiger partial charge in [-0.1, -0.05) is 0 Å². The molecule has 0 spiro atoms. The molecule has 2 heterocycles. The number of nitrogens with one attached hydrogen (secondary N) is 3. The van der Waals surface area contributed by atoms with Crippen molar-refractivity contribution in [1.82, 2.24) is 20.3 Å². The van der Waals surface area contributed by atoms with Crippen molar-refractivity contribution >= 4 is 34.5 Å². The summed E-state index contributed by atoms with van der Waals surface area (Å²) >= 11 is 0. The molecule has 4 rings (SSSR count). The Balaban J connectivity index is 1.51. The zero-order chi connectivity index (χ0) is 21.8. The van der Waals surface area contributed by atoms with Crippen molar-refractivity contribution in [3.63, 3.8) is 0 Å². The highest BCUT2D eigenvalue weighted by Gasteiger charge is 2.09. The zero-order valence-electron chi connectivity index (χ0n) is 16.8. The number of H-pyrrole nitrogens is 1. The van der Waals surface area contributed by atoms with Crippen LogP contribution in [0, 0.1) is 0 Å². The second-order valence-corrected chi connectivity index (χ2v) is 6.52. The van der Waals surface area contributed by atoms with Crippen molar-refractivity contribution in [1.29, 1.82) is 0 Å². The van der Waals surface area contributed by atoms with Crippen LogP contribution in [0.3, 0.4) is 0 Å². The van der Waals surface area contributed by atoms with Gasteiger partial charge in [0.1, 0.15) is 17.2 Å². The molecule has 0 radical (unpaired) electrons. The molecule has 0 aliphatic heterocycles. The number of fused-ring (bicyclic) bond motifs is 1. The molecule has 0 bridgehead atoms. The van der Waals surface area contributed by atoms with Gasteiger partial charge < -0.3 is 25.1 Å². The molecule has 31 heavy (non-hydrogen) atoms. The van der Waals surface area contributed by atoms with E-state index < -0.39 is 0 Å².